The molecule has 1 aliphatic carbocycles. The Kier molecular flexibility index (Phi) is 4.46. The van der Waals surface area contributed by atoms with E-state index in [1.165, 1.54) is 0 Å². The van der Waals surface area contributed by atoms with E-state index in [-0.39, 0.29) is 18.4 Å². The van der Waals surface area contributed by atoms with Gasteiger partial charge >= 0.3 is 0 Å². The summed E-state index contributed by atoms with van der Waals surface area (Å²) in [5.41, 5.74) is 8.29. The van der Waals surface area contributed by atoms with Crippen molar-refractivity contribution in [3.8, 4) is 17.0 Å². The third-order valence-corrected chi connectivity index (χ3v) is 4.43. The Bertz CT molecular complexity index is 1010. The van der Waals surface area contributed by atoms with Crippen molar-refractivity contribution < 1.29 is 14.3 Å². The number of carbonyl (C=O) groups excluding carboxylic acids is 2. The zero-order valence-electron chi connectivity index (χ0n) is 14.6. The number of fused-ring (bicyclic) bond motifs is 1. The predicted octanol–water partition coefficient (Wildman–Crippen LogP) is 3.11. The maximum absolute atomic E-state index is 12.0. The number of hydrogen-bond donors (Lipinski definition) is 2. The molecule has 3 N–H and O–H groups in total. The average molecular weight is 361 g/mol. The number of anilines is 1. The van der Waals surface area contributed by atoms with Crippen LogP contribution in [0.4, 0.5) is 5.69 Å². The molecular formula is C21H19N3O3. The Morgan fingerprint density at radius 1 is 1.11 bits per heavy atom. The van der Waals surface area contributed by atoms with Crippen molar-refractivity contribution in [2.75, 3.05) is 11.9 Å². The Labute approximate surface area is 156 Å². The van der Waals surface area contributed by atoms with Gasteiger partial charge in [-0.1, -0.05) is 30.3 Å². The standard InChI is InChI=1S/C21H19N3O3/c22-20(25)12-27-19-11-18(13-4-2-1-3-5-13)24-17-9-8-15(10-16(17)19)23-21(26)14-6-7-14/h1-5,8-11,14H,6-7,12H2,(H2,22,25)(H,23,26). The molecular weight excluding hydrogens is 342 g/mol. The fraction of sp³-hybridized carbons (Fsp3) is 0.190. The highest BCUT2D eigenvalue weighted by molar-refractivity contribution is 5.97. The lowest BCUT2D eigenvalue weighted by molar-refractivity contribution is -0.120. The van der Waals surface area contributed by atoms with Crippen LogP contribution < -0.4 is 15.8 Å². The lowest BCUT2D eigenvalue weighted by atomic mass is 10.1. The zero-order chi connectivity index (χ0) is 18.8. The summed E-state index contributed by atoms with van der Waals surface area (Å²) >= 11 is 0. The number of nitrogens with one attached hydrogen (secondary N) is 1. The van der Waals surface area contributed by atoms with Crippen LogP contribution in [0.5, 0.6) is 5.75 Å². The Morgan fingerprint density at radius 3 is 2.59 bits per heavy atom. The molecule has 0 aliphatic heterocycles. The van der Waals surface area contributed by atoms with Gasteiger partial charge in [-0.05, 0) is 31.0 Å². The van der Waals surface area contributed by atoms with Gasteiger partial charge in [0.15, 0.2) is 6.61 Å². The molecule has 6 heteroatoms. The third-order valence-electron chi connectivity index (χ3n) is 4.43. The molecule has 0 radical (unpaired) electrons. The van der Waals surface area contributed by atoms with E-state index in [0.717, 1.165) is 24.1 Å². The molecule has 1 heterocycles. The maximum atomic E-state index is 12.0. The van der Waals surface area contributed by atoms with Crippen molar-refractivity contribution in [2.45, 2.75) is 12.8 Å². The molecule has 0 unspecified atom stereocenters. The van der Waals surface area contributed by atoms with E-state index in [1.807, 2.05) is 48.5 Å². The van der Waals surface area contributed by atoms with Crippen molar-refractivity contribution in [1.82, 2.24) is 4.98 Å². The van der Waals surface area contributed by atoms with E-state index in [2.05, 4.69) is 5.32 Å². The van der Waals surface area contributed by atoms with E-state index in [9.17, 15) is 9.59 Å². The van der Waals surface area contributed by atoms with Gasteiger partial charge in [0, 0.05) is 28.6 Å². The normalized spacial score (nSPS) is 13.3. The van der Waals surface area contributed by atoms with Crippen molar-refractivity contribution in [1.29, 1.82) is 0 Å². The molecule has 6 nitrogen and oxygen atoms in total. The lowest BCUT2D eigenvalue weighted by Gasteiger charge is -2.12. The summed E-state index contributed by atoms with van der Waals surface area (Å²) in [5.74, 6) is 0.0901. The van der Waals surface area contributed by atoms with E-state index < -0.39 is 5.91 Å². The van der Waals surface area contributed by atoms with E-state index >= 15 is 0 Å². The molecule has 0 atom stereocenters. The highest BCUT2D eigenvalue weighted by Gasteiger charge is 2.29. The van der Waals surface area contributed by atoms with Crippen LogP contribution >= 0.6 is 0 Å². The highest BCUT2D eigenvalue weighted by atomic mass is 16.5. The van der Waals surface area contributed by atoms with Gasteiger partial charge in [-0.3, -0.25) is 9.59 Å². The lowest BCUT2D eigenvalue weighted by Crippen LogP contribution is -2.20. The van der Waals surface area contributed by atoms with E-state index in [0.29, 0.717) is 22.3 Å². The molecule has 1 aliphatic rings. The molecule has 2 aromatic carbocycles. The number of rotatable bonds is 6. The van der Waals surface area contributed by atoms with Crippen LogP contribution in [-0.2, 0) is 9.59 Å². The molecule has 0 bridgehead atoms. The number of nitrogens with two attached hydrogens (primary N) is 1. The van der Waals surface area contributed by atoms with E-state index in [1.54, 1.807) is 6.07 Å². The first-order chi connectivity index (χ1) is 13.1. The van der Waals surface area contributed by atoms with Crippen LogP contribution in [-0.4, -0.2) is 23.4 Å². The van der Waals surface area contributed by atoms with Gasteiger partial charge in [-0.15, -0.1) is 0 Å². The second-order valence-corrected chi connectivity index (χ2v) is 6.62. The Morgan fingerprint density at radius 2 is 1.89 bits per heavy atom. The van der Waals surface area contributed by atoms with Crippen LogP contribution in [0, 0.1) is 5.92 Å². The largest absolute Gasteiger partial charge is 0.483 e. The smallest absolute Gasteiger partial charge is 0.255 e. The summed E-state index contributed by atoms with van der Waals surface area (Å²) in [4.78, 5) is 27.9. The number of nitrogens with zero attached hydrogens (tertiary/aromatic N) is 1. The fourth-order valence-corrected chi connectivity index (χ4v) is 2.89. The van der Waals surface area contributed by atoms with Crippen LogP contribution in [0.3, 0.4) is 0 Å². The monoisotopic (exact) mass is 361 g/mol. The van der Waals surface area contributed by atoms with Crippen LogP contribution in [0.15, 0.2) is 54.6 Å². The molecule has 136 valence electrons. The van der Waals surface area contributed by atoms with Crippen molar-refractivity contribution in [3.63, 3.8) is 0 Å². The fourth-order valence-electron chi connectivity index (χ4n) is 2.89. The van der Waals surface area contributed by atoms with Crippen LogP contribution in [0.2, 0.25) is 0 Å². The molecule has 0 spiro atoms. The Balaban J connectivity index is 1.75. The topological polar surface area (TPSA) is 94.3 Å². The SMILES string of the molecule is NC(=O)COc1cc(-c2ccccc2)nc2ccc(NC(=O)C3CC3)cc12. The average Bonchev–Trinajstić information content (AvgIpc) is 3.52. The first-order valence-corrected chi connectivity index (χ1v) is 8.82. The molecule has 27 heavy (non-hydrogen) atoms. The number of benzene rings is 2. The Hall–Kier alpha value is -3.41. The second-order valence-electron chi connectivity index (χ2n) is 6.62. The first kappa shape index (κ1) is 17.0. The molecule has 4 rings (SSSR count). The summed E-state index contributed by atoms with van der Waals surface area (Å²) in [5, 5.41) is 3.63. The van der Waals surface area contributed by atoms with Crippen LogP contribution in [0.1, 0.15) is 12.8 Å². The molecule has 1 fully saturated rings. The van der Waals surface area contributed by atoms with Crippen molar-refractivity contribution in [3.05, 3.63) is 54.6 Å². The van der Waals surface area contributed by atoms with Crippen LogP contribution in [0.25, 0.3) is 22.2 Å². The minimum absolute atomic E-state index is 0.0304. The zero-order valence-corrected chi connectivity index (χ0v) is 14.6. The van der Waals surface area contributed by atoms with Gasteiger partial charge in [-0.25, -0.2) is 4.98 Å². The molecule has 2 amide bonds. The van der Waals surface area contributed by atoms with Gasteiger partial charge in [0.2, 0.25) is 5.91 Å². The number of carbonyl (C=O) groups is 2. The minimum Gasteiger partial charge on any atom is -0.483 e. The number of primary amides is 1. The number of aromatic nitrogens is 1. The quantitative estimate of drug-likeness (QED) is 0.705. The molecule has 0 saturated heterocycles. The highest BCUT2D eigenvalue weighted by Crippen LogP contribution is 2.33. The number of hydrogen-bond acceptors (Lipinski definition) is 4. The molecule has 1 saturated carbocycles. The second kappa shape index (κ2) is 7.07. The van der Waals surface area contributed by atoms with Gasteiger partial charge in [0.25, 0.3) is 5.91 Å². The maximum Gasteiger partial charge on any atom is 0.255 e. The van der Waals surface area contributed by atoms with Crippen molar-refractivity contribution in [2.24, 2.45) is 11.7 Å². The predicted molar refractivity (Wildman–Crippen MR) is 103 cm³/mol. The summed E-state index contributed by atoms with van der Waals surface area (Å²) in [6.45, 7) is -0.230. The third kappa shape index (κ3) is 3.89. The summed E-state index contributed by atoms with van der Waals surface area (Å²) in [6.07, 6.45) is 1.88. The molecule has 3 aromatic rings. The molecule has 1 aromatic heterocycles. The number of amides is 2. The van der Waals surface area contributed by atoms with Gasteiger partial charge < -0.3 is 15.8 Å². The van der Waals surface area contributed by atoms with Gasteiger partial charge in [0.1, 0.15) is 5.75 Å². The first-order valence-electron chi connectivity index (χ1n) is 8.82. The summed E-state index contributed by atoms with van der Waals surface area (Å²) in [6, 6.07) is 17.0. The minimum atomic E-state index is -0.556. The number of ether oxygens (including phenoxy) is 1. The van der Waals surface area contributed by atoms with Gasteiger partial charge in [-0.2, -0.15) is 0 Å². The summed E-state index contributed by atoms with van der Waals surface area (Å²) < 4.78 is 5.64. The van der Waals surface area contributed by atoms with Crippen molar-refractivity contribution >= 4 is 28.4 Å². The summed E-state index contributed by atoms with van der Waals surface area (Å²) in [7, 11) is 0. The number of pyridine rings is 1. The van der Waals surface area contributed by atoms with Gasteiger partial charge in [0.05, 0.1) is 11.2 Å². The van der Waals surface area contributed by atoms with E-state index in [4.69, 9.17) is 15.5 Å².